The summed E-state index contributed by atoms with van der Waals surface area (Å²) < 4.78 is 5.17. The van der Waals surface area contributed by atoms with Gasteiger partial charge in [-0.1, -0.05) is 0 Å². The topological polar surface area (TPSA) is 36.0 Å². The summed E-state index contributed by atoms with van der Waals surface area (Å²) in [5.41, 5.74) is 0. The lowest BCUT2D eigenvalue weighted by molar-refractivity contribution is 0.141. The molecule has 0 spiro atoms. The van der Waals surface area contributed by atoms with Crippen molar-refractivity contribution in [3.63, 3.8) is 0 Å². The van der Waals surface area contributed by atoms with Gasteiger partial charge in [-0.15, -0.1) is 0 Å². The first-order chi connectivity index (χ1) is 5.38. The zero-order valence-electron chi connectivity index (χ0n) is 6.92. The van der Waals surface area contributed by atoms with Crippen LogP contribution in [0.4, 0.5) is 0 Å². The van der Waals surface area contributed by atoms with Crippen molar-refractivity contribution >= 4 is 0 Å². The highest BCUT2D eigenvalue weighted by Gasteiger charge is 2.32. The van der Waals surface area contributed by atoms with Gasteiger partial charge in [-0.2, -0.15) is 5.26 Å². The molecule has 11 heavy (non-hydrogen) atoms. The van der Waals surface area contributed by atoms with E-state index < -0.39 is 0 Å². The molecule has 0 bridgehead atoms. The van der Waals surface area contributed by atoms with E-state index >= 15 is 0 Å². The van der Waals surface area contributed by atoms with Gasteiger partial charge in [0.2, 0.25) is 0 Å². The third-order valence-corrected chi connectivity index (χ3v) is 1.80. The molecule has 0 N–H and O–H groups in total. The van der Waals surface area contributed by atoms with Gasteiger partial charge in [0, 0.05) is 26.3 Å². The first-order valence-electron chi connectivity index (χ1n) is 4.10. The van der Waals surface area contributed by atoms with E-state index in [-0.39, 0.29) is 6.04 Å². The van der Waals surface area contributed by atoms with Crippen molar-refractivity contribution < 1.29 is 4.74 Å². The second kappa shape index (κ2) is 4.32. The molecule has 1 aliphatic rings. The molecule has 62 valence electrons. The molecular weight excluding hydrogens is 140 g/mol. The van der Waals surface area contributed by atoms with Gasteiger partial charge >= 0.3 is 0 Å². The lowest BCUT2D eigenvalue weighted by atomic mass is 10.4. The fourth-order valence-electron chi connectivity index (χ4n) is 1.06. The van der Waals surface area contributed by atoms with Crippen molar-refractivity contribution in [1.82, 2.24) is 4.90 Å². The van der Waals surface area contributed by atoms with Crippen molar-refractivity contribution in [2.75, 3.05) is 26.3 Å². The standard InChI is InChI=1S/C8H14N2O/c1-2-11-5-3-4-10-7-8(10)6-9/h8H,2-5,7H2,1H3. The molecule has 3 nitrogen and oxygen atoms in total. The summed E-state index contributed by atoms with van der Waals surface area (Å²) in [5.74, 6) is 0. The van der Waals surface area contributed by atoms with Crippen molar-refractivity contribution in [2.24, 2.45) is 0 Å². The van der Waals surface area contributed by atoms with Gasteiger partial charge in [0.1, 0.15) is 6.04 Å². The summed E-state index contributed by atoms with van der Waals surface area (Å²) in [6.45, 7) is 5.59. The number of nitriles is 1. The van der Waals surface area contributed by atoms with E-state index in [1.54, 1.807) is 0 Å². The number of hydrogen-bond donors (Lipinski definition) is 0. The Labute approximate surface area is 67.6 Å². The van der Waals surface area contributed by atoms with E-state index in [1.165, 1.54) is 0 Å². The SMILES string of the molecule is CCOCCCN1CC1C#N. The van der Waals surface area contributed by atoms with Crippen molar-refractivity contribution in [3.8, 4) is 6.07 Å². The predicted octanol–water partition coefficient (Wildman–Crippen LogP) is 0.621. The van der Waals surface area contributed by atoms with Crippen LogP contribution in [0.5, 0.6) is 0 Å². The van der Waals surface area contributed by atoms with Crippen LogP contribution in [0.1, 0.15) is 13.3 Å². The van der Waals surface area contributed by atoms with E-state index in [1.807, 2.05) is 6.92 Å². The summed E-state index contributed by atoms with van der Waals surface area (Å²) in [6.07, 6.45) is 1.05. The Morgan fingerprint density at radius 3 is 3.09 bits per heavy atom. The molecule has 1 fully saturated rings. The molecule has 2 atom stereocenters. The highest BCUT2D eigenvalue weighted by Crippen LogP contribution is 2.15. The second-order valence-corrected chi connectivity index (χ2v) is 2.69. The molecule has 0 aromatic rings. The quantitative estimate of drug-likeness (QED) is 0.430. The van der Waals surface area contributed by atoms with E-state index in [0.717, 1.165) is 32.7 Å². The largest absolute Gasteiger partial charge is 0.382 e. The molecule has 0 aliphatic carbocycles. The van der Waals surface area contributed by atoms with Crippen LogP contribution in [0, 0.1) is 11.3 Å². The summed E-state index contributed by atoms with van der Waals surface area (Å²) in [4.78, 5) is 2.15. The number of ether oxygens (including phenoxy) is 1. The average Bonchev–Trinajstić information content (AvgIpc) is 2.77. The highest BCUT2D eigenvalue weighted by molar-refractivity contribution is 5.05. The van der Waals surface area contributed by atoms with Gasteiger partial charge in [0.05, 0.1) is 6.07 Å². The smallest absolute Gasteiger partial charge is 0.111 e. The molecule has 1 heterocycles. The van der Waals surface area contributed by atoms with Crippen LogP contribution in [0.25, 0.3) is 0 Å². The molecule has 0 aromatic carbocycles. The van der Waals surface area contributed by atoms with E-state index in [9.17, 15) is 0 Å². The van der Waals surface area contributed by atoms with Gasteiger partial charge in [-0.3, -0.25) is 4.90 Å². The summed E-state index contributed by atoms with van der Waals surface area (Å²) in [5, 5.41) is 8.46. The highest BCUT2D eigenvalue weighted by atomic mass is 16.5. The maximum Gasteiger partial charge on any atom is 0.111 e. The van der Waals surface area contributed by atoms with Crippen LogP contribution in [0.2, 0.25) is 0 Å². The van der Waals surface area contributed by atoms with E-state index in [0.29, 0.717) is 0 Å². The molecule has 0 aromatic heterocycles. The molecule has 0 radical (unpaired) electrons. The molecule has 1 rings (SSSR count). The van der Waals surface area contributed by atoms with Gasteiger partial charge < -0.3 is 4.74 Å². The fourth-order valence-corrected chi connectivity index (χ4v) is 1.06. The van der Waals surface area contributed by atoms with E-state index in [4.69, 9.17) is 10.00 Å². The maximum atomic E-state index is 8.46. The second-order valence-electron chi connectivity index (χ2n) is 2.69. The Hall–Kier alpha value is -0.590. The molecule has 1 saturated heterocycles. The summed E-state index contributed by atoms with van der Waals surface area (Å²) in [6, 6.07) is 2.42. The Morgan fingerprint density at radius 1 is 1.73 bits per heavy atom. The third kappa shape index (κ3) is 2.87. The Morgan fingerprint density at radius 2 is 2.55 bits per heavy atom. The van der Waals surface area contributed by atoms with Crippen molar-refractivity contribution in [2.45, 2.75) is 19.4 Å². The molecule has 2 unspecified atom stereocenters. The molecule has 0 amide bonds. The Balaban J connectivity index is 1.87. The molecular formula is C8H14N2O. The third-order valence-electron chi connectivity index (χ3n) is 1.80. The predicted molar refractivity (Wildman–Crippen MR) is 42.1 cm³/mol. The average molecular weight is 154 g/mol. The van der Waals surface area contributed by atoms with Crippen LogP contribution < -0.4 is 0 Å². The maximum absolute atomic E-state index is 8.46. The van der Waals surface area contributed by atoms with Gasteiger partial charge in [-0.05, 0) is 13.3 Å². The normalized spacial score (nSPS) is 28.0. The van der Waals surface area contributed by atoms with Crippen LogP contribution >= 0.6 is 0 Å². The first kappa shape index (κ1) is 8.51. The molecule has 0 saturated carbocycles. The minimum absolute atomic E-state index is 0.205. The number of hydrogen-bond acceptors (Lipinski definition) is 3. The zero-order chi connectivity index (χ0) is 8.10. The Kier molecular flexibility index (Phi) is 3.34. The molecule has 3 heteroatoms. The fraction of sp³-hybridized carbons (Fsp3) is 0.875. The van der Waals surface area contributed by atoms with Crippen molar-refractivity contribution in [3.05, 3.63) is 0 Å². The van der Waals surface area contributed by atoms with Crippen LogP contribution in [0.15, 0.2) is 0 Å². The Bertz CT molecular complexity index is 153. The van der Waals surface area contributed by atoms with E-state index in [2.05, 4.69) is 11.0 Å². The minimum atomic E-state index is 0.205. The van der Waals surface area contributed by atoms with Crippen LogP contribution in [-0.4, -0.2) is 37.2 Å². The number of nitrogens with zero attached hydrogens (tertiary/aromatic N) is 2. The van der Waals surface area contributed by atoms with Gasteiger partial charge in [-0.25, -0.2) is 0 Å². The lowest BCUT2D eigenvalue weighted by Crippen LogP contribution is -2.06. The summed E-state index contributed by atoms with van der Waals surface area (Å²) in [7, 11) is 0. The van der Waals surface area contributed by atoms with Gasteiger partial charge in [0.25, 0.3) is 0 Å². The van der Waals surface area contributed by atoms with Crippen molar-refractivity contribution in [1.29, 1.82) is 5.26 Å². The summed E-state index contributed by atoms with van der Waals surface area (Å²) >= 11 is 0. The lowest BCUT2D eigenvalue weighted by Gasteiger charge is -2.00. The molecule has 1 aliphatic heterocycles. The van der Waals surface area contributed by atoms with Crippen LogP contribution in [-0.2, 0) is 4.74 Å². The monoisotopic (exact) mass is 154 g/mol. The zero-order valence-corrected chi connectivity index (χ0v) is 6.92. The first-order valence-corrected chi connectivity index (χ1v) is 4.10. The minimum Gasteiger partial charge on any atom is -0.382 e. The van der Waals surface area contributed by atoms with Crippen LogP contribution in [0.3, 0.4) is 0 Å². The van der Waals surface area contributed by atoms with Gasteiger partial charge in [0.15, 0.2) is 0 Å². The number of rotatable bonds is 5.